The van der Waals surface area contributed by atoms with Crippen molar-refractivity contribution in [3.63, 3.8) is 0 Å². The molecule has 0 saturated carbocycles. The Bertz CT molecular complexity index is 730. The molecule has 1 aromatic heterocycles. The van der Waals surface area contributed by atoms with Crippen LogP contribution in [0.25, 0.3) is 22.4 Å². The van der Waals surface area contributed by atoms with Gasteiger partial charge in [-0.1, -0.05) is 54.6 Å². The fourth-order valence-corrected chi connectivity index (χ4v) is 2.07. The first-order valence-corrected chi connectivity index (χ1v) is 6.25. The summed E-state index contributed by atoms with van der Waals surface area (Å²) in [6, 6.07) is 18.2. The van der Waals surface area contributed by atoms with Crippen molar-refractivity contribution < 1.29 is 4.79 Å². The topological polar surface area (TPSA) is 71.8 Å². The minimum Gasteiger partial charge on any atom is -0.363 e. The molecular formula is C16H13N3O. The van der Waals surface area contributed by atoms with Crippen molar-refractivity contribution in [3.8, 4) is 22.4 Å². The number of nitrogens with one attached hydrogen (secondary N) is 1. The van der Waals surface area contributed by atoms with Crippen LogP contribution >= 0.6 is 0 Å². The largest absolute Gasteiger partial charge is 0.363 e. The van der Waals surface area contributed by atoms with Gasteiger partial charge in [0, 0.05) is 0 Å². The van der Waals surface area contributed by atoms with Gasteiger partial charge in [-0.15, -0.1) is 0 Å². The highest BCUT2D eigenvalue weighted by molar-refractivity contribution is 5.89. The second-order valence-electron chi connectivity index (χ2n) is 4.45. The summed E-state index contributed by atoms with van der Waals surface area (Å²) in [6.45, 7) is 0. The van der Waals surface area contributed by atoms with Gasteiger partial charge in [0.25, 0.3) is 5.91 Å². The summed E-state index contributed by atoms with van der Waals surface area (Å²) in [5, 5.41) is 0. The van der Waals surface area contributed by atoms with Crippen molar-refractivity contribution >= 4 is 5.91 Å². The van der Waals surface area contributed by atoms with E-state index >= 15 is 0 Å². The number of carbonyl (C=O) groups excluding carboxylic acids is 1. The number of rotatable bonds is 3. The van der Waals surface area contributed by atoms with Crippen LogP contribution in [0.1, 0.15) is 10.6 Å². The Hall–Kier alpha value is -2.88. The lowest BCUT2D eigenvalue weighted by atomic mass is 10.0. The fourth-order valence-electron chi connectivity index (χ4n) is 2.07. The van der Waals surface area contributed by atoms with Gasteiger partial charge in [0.15, 0.2) is 5.82 Å². The first kappa shape index (κ1) is 12.2. The van der Waals surface area contributed by atoms with Gasteiger partial charge < -0.3 is 10.7 Å². The molecular weight excluding hydrogens is 250 g/mol. The molecule has 0 aliphatic rings. The van der Waals surface area contributed by atoms with Crippen LogP contribution in [0, 0.1) is 0 Å². The molecule has 4 nitrogen and oxygen atoms in total. The molecule has 0 saturated heterocycles. The highest BCUT2D eigenvalue weighted by Crippen LogP contribution is 2.23. The predicted octanol–water partition coefficient (Wildman–Crippen LogP) is 2.84. The van der Waals surface area contributed by atoms with Gasteiger partial charge in [-0.2, -0.15) is 0 Å². The van der Waals surface area contributed by atoms with E-state index in [0.717, 1.165) is 16.8 Å². The molecule has 2 aromatic carbocycles. The van der Waals surface area contributed by atoms with Crippen LogP contribution in [-0.4, -0.2) is 15.9 Å². The number of primary amides is 1. The van der Waals surface area contributed by atoms with Crippen molar-refractivity contribution in [1.29, 1.82) is 0 Å². The van der Waals surface area contributed by atoms with Gasteiger partial charge in [-0.25, -0.2) is 4.98 Å². The molecule has 0 spiro atoms. The second kappa shape index (κ2) is 5.01. The Morgan fingerprint density at radius 1 is 0.900 bits per heavy atom. The monoisotopic (exact) mass is 263 g/mol. The summed E-state index contributed by atoms with van der Waals surface area (Å²) in [7, 11) is 0. The van der Waals surface area contributed by atoms with Gasteiger partial charge >= 0.3 is 0 Å². The number of H-pyrrole nitrogens is 1. The van der Waals surface area contributed by atoms with E-state index in [0.29, 0.717) is 0 Å². The molecule has 3 rings (SSSR count). The number of benzene rings is 2. The summed E-state index contributed by atoms with van der Waals surface area (Å²) in [6.07, 6.45) is 1.61. The molecule has 0 fully saturated rings. The van der Waals surface area contributed by atoms with Crippen molar-refractivity contribution in [1.82, 2.24) is 9.97 Å². The van der Waals surface area contributed by atoms with E-state index in [9.17, 15) is 4.79 Å². The quantitative estimate of drug-likeness (QED) is 0.762. The van der Waals surface area contributed by atoms with Crippen LogP contribution in [0.5, 0.6) is 0 Å². The van der Waals surface area contributed by atoms with Crippen LogP contribution < -0.4 is 5.73 Å². The summed E-state index contributed by atoms with van der Waals surface area (Å²) < 4.78 is 0. The lowest BCUT2D eigenvalue weighted by molar-refractivity contribution is 0.0991. The molecule has 98 valence electrons. The number of carbonyl (C=O) groups is 1. The summed E-state index contributed by atoms with van der Waals surface area (Å²) in [5.74, 6) is -0.385. The molecule has 20 heavy (non-hydrogen) atoms. The molecule has 1 amide bonds. The number of aromatic amines is 1. The average Bonchev–Trinajstić information content (AvgIpc) is 2.98. The zero-order valence-electron chi connectivity index (χ0n) is 10.7. The Morgan fingerprint density at radius 3 is 2.10 bits per heavy atom. The van der Waals surface area contributed by atoms with Gasteiger partial charge in [-0.3, -0.25) is 4.79 Å². The van der Waals surface area contributed by atoms with E-state index in [1.54, 1.807) is 6.20 Å². The lowest BCUT2D eigenvalue weighted by Crippen LogP contribution is -2.12. The van der Waals surface area contributed by atoms with Crippen LogP contribution in [0.2, 0.25) is 0 Å². The van der Waals surface area contributed by atoms with Gasteiger partial charge in [0.05, 0.1) is 11.9 Å². The molecule has 4 heteroatoms. The van der Waals surface area contributed by atoms with Crippen LogP contribution in [0.3, 0.4) is 0 Å². The third-order valence-corrected chi connectivity index (χ3v) is 3.11. The predicted molar refractivity (Wildman–Crippen MR) is 78.0 cm³/mol. The van der Waals surface area contributed by atoms with E-state index in [-0.39, 0.29) is 5.82 Å². The molecule has 0 atom stereocenters. The van der Waals surface area contributed by atoms with Gasteiger partial charge in [0.1, 0.15) is 0 Å². The Morgan fingerprint density at radius 2 is 1.50 bits per heavy atom. The number of nitrogens with two attached hydrogens (primary N) is 1. The highest BCUT2D eigenvalue weighted by Gasteiger charge is 2.07. The van der Waals surface area contributed by atoms with Crippen LogP contribution in [0.4, 0.5) is 0 Å². The van der Waals surface area contributed by atoms with Crippen molar-refractivity contribution in [2.24, 2.45) is 5.73 Å². The molecule has 0 bridgehead atoms. The first-order valence-electron chi connectivity index (χ1n) is 6.25. The van der Waals surface area contributed by atoms with Crippen LogP contribution in [-0.2, 0) is 0 Å². The number of aromatic nitrogens is 2. The van der Waals surface area contributed by atoms with E-state index in [1.807, 2.05) is 42.5 Å². The smallest absolute Gasteiger partial charge is 0.284 e. The maximum absolute atomic E-state index is 11.0. The number of nitrogens with zero attached hydrogens (tertiary/aromatic N) is 1. The molecule has 0 unspecified atom stereocenters. The van der Waals surface area contributed by atoms with Gasteiger partial charge in [0.2, 0.25) is 0 Å². The molecule has 0 radical (unpaired) electrons. The molecule has 0 aliphatic carbocycles. The van der Waals surface area contributed by atoms with Crippen molar-refractivity contribution in [2.45, 2.75) is 0 Å². The molecule has 1 heterocycles. The third kappa shape index (κ3) is 2.31. The zero-order chi connectivity index (χ0) is 13.9. The Labute approximate surface area is 116 Å². The standard InChI is InChI=1S/C16H13N3O/c17-15(20)16-18-10-14(19-16)13-8-6-12(7-9-13)11-4-2-1-3-5-11/h1-10H,(H2,17,20)(H,18,19). The average molecular weight is 263 g/mol. The third-order valence-electron chi connectivity index (χ3n) is 3.11. The highest BCUT2D eigenvalue weighted by atomic mass is 16.1. The van der Waals surface area contributed by atoms with E-state index < -0.39 is 5.91 Å². The Balaban J connectivity index is 1.91. The number of hydrogen-bond donors (Lipinski definition) is 2. The van der Waals surface area contributed by atoms with Gasteiger partial charge in [-0.05, 0) is 16.7 Å². The maximum Gasteiger partial charge on any atom is 0.284 e. The molecule has 3 N–H and O–H groups in total. The number of hydrogen-bond acceptors (Lipinski definition) is 2. The number of imidazole rings is 1. The summed E-state index contributed by atoms with van der Waals surface area (Å²) >= 11 is 0. The first-order chi connectivity index (χ1) is 9.74. The van der Waals surface area contributed by atoms with E-state index in [2.05, 4.69) is 22.1 Å². The van der Waals surface area contributed by atoms with Crippen LogP contribution in [0.15, 0.2) is 60.8 Å². The van der Waals surface area contributed by atoms with Crippen molar-refractivity contribution in [2.75, 3.05) is 0 Å². The Kier molecular flexibility index (Phi) is 3.05. The summed E-state index contributed by atoms with van der Waals surface area (Å²) in [4.78, 5) is 17.9. The summed E-state index contributed by atoms with van der Waals surface area (Å²) in [5.41, 5.74) is 9.22. The molecule has 3 aromatic rings. The minimum absolute atomic E-state index is 0.173. The van der Waals surface area contributed by atoms with E-state index in [4.69, 9.17) is 5.73 Å². The van der Waals surface area contributed by atoms with E-state index in [1.165, 1.54) is 5.56 Å². The lowest BCUT2D eigenvalue weighted by Gasteiger charge is -2.03. The maximum atomic E-state index is 11.0. The van der Waals surface area contributed by atoms with Crippen molar-refractivity contribution in [3.05, 3.63) is 66.6 Å². The zero-order valence-corrected chi connectivity index (χ0v) is 10.7. The number of amides is 1. The molecule has 0 aliphatic heterocycles. The second-order valence-corrected chi connectivity index (χ2v) is 4.45. The SMILES string of the molecule is NC(=O)c1ncc(-c2ccc(-c3ccccc3)cc2)[nH]1. The minimum atomic E-state index is -0.558. The fraction of sp³-hybridized carbons (Fsp3) is 0. The normalized spacial score (nSPS) is 10.4.